The van der Waals surface area contributed by atoms with E-state index < -0.39 is 19.9 Å². The first-order chi connectivity index (χ1) is 4.64. The van der Waals surface area contributed by atoms with Gasteiger partial charge in [-0.2, -0.15) is 0 Å². The van der Waals surface area contributed by atoms with Gasteiger partial charge in [-0.15, -0.1) is 0 Å². The van der Waals surface area contributed by atoms with Crippen LogP contribution in [0.4, 0.5) is 0 Å². The van der Waals surface area contributed by atoms with Crippen LogP contribution < -0.4 is 0 Å². The predicted molar refractivity (Wildman–Crippen MR) is 50.7 cm³/mol. The number of carboxylic acid groups (broad SMARTS) is 1. The van der Waals surface area contributed by atoms with Gasteiger partial charge in [-0.25, -0.2) is 9.36 Å². The average molecular weight is 272 g/mol. The van der Waals surface area contributed by atoms with Gasteiger partial charge in [0.1, 0.15) is 6.10 Å². The number of aliphatic hydroxyl groups is 1. The van der Waals surface area contributed by atoms with Crippen molar-refractivity contribution in [1.29, 1.82) is 0 Å². The first-order valence-electron chi connectivity index (χ1n) is 2.33. The molecule has 13 heavy (non-hydrogen) atoms. The molecule has 0 aliphatic heterocycles. The zero-order valence-electron chi connectivity index (χ0n) is 5.58. The van der Waals surface area contributed by atoms with Crippen LogP contribution in [0.25, 0.3) is 0 Å². The first kappa shape index (κ1) is 24.3. The van der Waals surface area contributed by atoms with E-state index in [1.54, 1.807) is 0 Å². The standard InChI is InChI=1S/C3H6O3.2Ca.H3O4P.4H/c1-2(4)3(5)6;;;1-5(2,3)4;;;;/h2,4H,1H3,(H,5,6);;;(H3,1,2,3,4);;;;. The van der Waals surface area contributed by atoms with Crippen LogP contribution in [0.2, 0.25) is 0 Å². The molecule has 0 aliphatic carbocycles. The molecule has 1 unspecified atom stereocenters. The molecule has 76 valence electrons. The summed E-state index contributed by atoms with van der Waals surface area (Å²) in [6, 6.07) is 0. The Hall–Kier alpha value is 2.06. The molecule has 0 amide bonds. The molecule has 7 nitrogen and oxygen atoms in total. The Morgan fingerprint density at radius 3 is 1.31 bits per heavy atom. The number of carboxylic acids is 1. The molecule has 0 bridgehead atoms. The van der Waals surface area contributed by atoms with Crippen molar-refractivity contribution in [3.63, 3.8) is 0 Å². The van der Waals surface area contributed by atoms with Crippen LogP contribution >= 0.6 is 7.82 Å². The van der Waals surface area contributed by atoms with Gasteiger partial charge in [0.05, 0.1) is 0 Å². The molecule has 0 aromatic heterocycles. The van der Waals surface area contributed by atoms with Crippen LogP contribution in [-0.2, 0) is 9.36 Å². The maximum absolute atomic E-state index is 9.45. The molecule has 0 spiro atoms. The van der Waals surface area contributed by atoms with Crippen molar-refractivity contribution in [2.45, 2.75) is 13.0 Å². The van der Waals surface area contributed by atoms with Crippen LogP contribution in [-0.4, -0.2) is 112 Å². The second-order valence-electron chi connectivity index (χ2n) is 1.53. The Morgan fingerprint density at radius 2 is 1.31 bits per heavy atom. The topological polar surface area (TPSA) is 135 Å². The molecule has 0 saturated carbocycles. The van der Waals surface area contributed by atoms with E-state index in [0.717, 1.165) is 0 Å². The second-order valence-corrected chi connectivity index (χ2v) is 2.55. The third kappa shape index (κ3) is 55.7. The molecule has 0 aromatic rings. The number of hydrogen-bond acceptors (Lipinski definition) is 3. The number of aliphatic hydroxyl groups excluding tert-OH is 1. The average Bonchev–Trinajstić information content (AvgIpc) is 1.59. The SMILES string of the molecule is CC(O)C(=O)O.O=P(O)(O)O.[CaH2].[CaH2]. The maximum atomic E-state index is 9.45. The molecule has 0 heterocycles. The fourth-order valence-electron chi connectivity index (χ4n) is 0. The van der Waals surface area contributed by atoms with Crippen molar-refractivity contribution in [2.75, 3.05) is 0 Å². The van der Waals surface area contributed by atoms with Crippen molar-refractivity contribution in [2.24, 2.45) is 0 Å². The molecule has 0 fully saturated rings. The van der Waals surface area contributed by atoms with Crippen LogP contribution in [0.3, 0.4) is 0 Å². The number of carbonyl (C=O) groups is 1. The van der Waals surface area contributed by atoms with Crippen molar-refractivity contribution in [3.05, 3.63) is 0 Å². The van der Waals surface area contributed by atoms with E-state index in [-0.39, 0.29) is 75.5 Å². The molecule has 0 aromatic carbocycles. The summed E-state index contributed by atoms with van der Waals surface area (Å²) in [5.41, 5.74) is 0. The van der Waals surface area contributed by atoms with E-state index in [9.17, 15) is 4.79 Å². The third-order valence-electron chi connectivity index (χ3n) is 0.357. The van der Waals surface area contributed by atoms with Gasteiger partial charge < -0.3 is 24.9 Å². The minimum atomic E-state index is -4.64. The Morgan fingerprint density at radius 1 is 1.23 bits per heavy atom. The van der Waals surface area contributed by atoms with Crippen molar-refractivity contribution < 1.29 is 34.3 Å². The van der Waals surface area contributed by atoms with E-state index in [1.807, 2.05) is 0 Å². The summed E-state index contributed by atoms with van der Waals surface area (Å²) in [5.74, 6) is -1.19. The van der Waals surface area contributed by atoms with Crippen LogP contribution in [0.1, 0.15) is 6.92 Å². The quantitative estimate of drug-likeness (QED) is 0.249. The van der Waals surface area contributed by atoms with E-state index in [2.05, 4.69) is 0 Å². The molecule has 1 atom stereocenters. The molecule has 0 saturated heterocycles. The van der Waals surface area contributed by atoms with Gasteiger partial charge in [-0.1, -0.05) is 0 Å². The predicted octanol–water partition coefficient (Wildman–Crippen LogP) is -3.31. The number of rotatable bonds is 1. The molecular formula is C3H13Ca2O7P. The van der Waals surface area contributed by atoms with E-state index in [4.69, 9.17) is 29.5 Å². The van der Waals surface area contributed by atoms with Gasteiger partial charge >= 0.3 is 89.3 Å². The molecule has 10 heteroatoms. The minimum absolute atomic E-state index is 0. The summed E-state index contributed by atoms with van der Waals surface area (Å²) in [4.78, 5) is 31.0. The molecule has 0 aliphatic rings. The summed E-state index contributed by atoms with van der Waals surface area (Å²) in [7, 11) is -4.64. The van der Waals surface area contributed by atoms with Crippen molar-refractivity contribution >= 4 is 89.3 Å². The van der Waals surface area contributed by atoms with E-state index in [1.165, 1.54) is 6.92 Å². The summed E-state index contributed by atoms with van der Waals surface area (Å²) in [6.07, 6.45) is -1.23. The van der Waals surface area contributed by atoms with Gasteiger partial charge in [0.2, 0.25) is 0 Å². The van der Waals surface area contributed by atoms with Gasteiger partial charge in [0.25, 0.3) is 0 Å². The fourth-order valence-corrected chi connectivity index (χ4v) is 0. The molecular weight excluding hydrogens is 259 g/mol. The van der Waals surface area contributed by atoms with Crippen LogP contribution in [0, 0.1) is 0 Å². The number of aliphatic carboxylic acids is 1. The van der Waals surface area contributed by atoms with Gasteiger partial charge in [-0.3, -0.25) is 0 Å². The Kier molecular flexibility index (Phi) is 22.7. The first-order valence-corrected chi connectivity index (χ1v) is 3.90. The zero-order chi connectivity index (χ0) is 9.65. The molecule has 5 N–H and O–H groups in total. The number of phosphoric acid groups is 1. The summed E-state index contributed by atoms with van der Waals surface area (Å²) in [6.45, 7) is 1.20. The Labute approximate surface area is 134 Å². The Bertz CT molecular complexity index is 157. The van der Waals surface area contributed by atoms with Crippen molar-refractivity contribution in [1.82, 2.24) is 0 Å². The van der Waals surface area contributed by atoms with E-state index in [0.29, 0.717) is 0 Å². The second kappa shape index (κ2) is 12.1. The summed E-state index contributed by atoms with van der Waals surface area (Å²) in [5, 5.41) is 15.8. The van der Waals surface area contributed by atoms with Gasteiger partial charge in [-0.05, 0) is 6.92 Å². The summed E-state index contributed by atoms with van der Waals surface area (Å²) < 4.78 is 8.88. The fraction of sp³-hybridized carbons (Fsp3) is 0.667. The van der Waals surface area contributed by atoms with Crippen LogP contribution in [0.15, 0.2) is 0 Å². The normalized spacial score (nSPS) is 10.8. The molecule has 0 rings (SSSR count). The number of hydrogen-bond donors (Lipinski definition) is 5. The Balaban J connectivity index is -0.0000000546. The third-order valence-corrected chi connectivity index (χ3v) is 0.357. The van der Waals surface area contributed by atoms with Crippen LogP contribution in [0.5, 0.6) is 0 Å². The summed E-state index contributed by atoms with van der Waals surface area (Å²) >= 11 is 0. The molecule has 0 radical (unpaired) electrons. The van der Waals surface area contributed by atoms with Gasteiger partial charge in [0.15, 0.2) is 0 Å². The zero-order valence-corrected chi connectivity index (χ0v) is 6.47. The monoisotopic (exact) mass is 272 g/mol. The van der Waals surface area contributed by atoms with Crippen molar-refractivity contribution in [3.8, 4) is 0 Å². The van der Waals surface area contributed by atoms with E-state index >= 15 is 0 Å². The van der Waals surface area contributed by atoms with Gasteiger partial charge in [0, 0.05) is 0 Å².